The fourth-order valence-electron chi connectivity index (χ4n) is 4.58. The molecule has 2 aliphatic rings. The molecule has 2 bridgehead atoms. The highest BCUT2D eigenvalue weighted by Gasteiger charge is 2.39. The van der Waals surface area contributed by atoms with E-state index in [1.807, 2.05) is 4.90 Å². The summed E-state index contributed by atoms with van der Waals surface area (Å²) in [5, 5.41) is 6.16. The molecule has 2 aromatic carbocycles. The van der Waals surface area contributed by atoms with Crippen LogP contribution >= 0.6 is 11.6 Å². The van der Waals surface area contributed by atoms with Gasteiger partial charge in [0, 0.05) is 50.4 Å². The molecule has 8 nitrogen and oxygen atoms in total. The first-order chi connectivity index (χ1) is 16.3. The van der Waals surface area contributed by atoms with Gasteiger partial charge in [-0.05, 0) is 29.8 Å². The van der Waals surface area contributed by atoms with Crippen LogP contribution in [0.4, 0.5) is 14.9 Å². The number of anilines is 1. The monoisotopic (exact) mass is 487 g/mol. The number of urea groups is 1. The first kappa shape index (κ1) is 24.0. The first-order valence-electron chi connectivity index (χ1n) is 11.0. The van der Waals surface area contributed by atoms with Crippen molar-refractivity contribution >= 4 is 35.3 Å². The number of fused-ring (bicyclic) bond motifs is 2. The number of methoxy groups -OCH3 is 1. The Labute approximate surface area is 202 Å². The molecule has 2 aliphatic heterocycles. The standard InChI is InChI=1S/C24H27ClFN5O3/c1-34-20-8-16(23(21(25)9-20)29-24(27)33)4-7-22(32)31-18-10-28-11-19(31)14-30(13-18)12-15-2-5-17(26)6-3-15/h2-9,18-19,28H,10-14H2,1H3,(H3,27,29,33)/b7-4+. The van der Waals surface area contributed by atoms with Gasteiger partial charge >= 0.3 is 6.03 Å². The second-order valence-electron chi connectivity index (χ2n) is 8.43. The van der Waals surface area contributed by atoms with Gasteiger partial charge in [-0.15, -0.1) is 0 Å². The third-order valence-corrected chi connectivity index (χ3v) is 6.34. The zero-order chi connectivity index (χ0) is 24.2. The molecule has 0 radical (unpaired) electrons. The molecule has 180 valence electrons. The summed E-state index contributed by atoms with van der Waals surface area (Å²) in [7, 11) is 1.51. The summed E-state index contributed by atoms with van der Waals surface area (Å²) < 4.78 is 18.5. The number of primary amides is 1. The lowest BCUT2D eigenvalue weighted by molar-refractivity contribution is -0.136. The van der Waals surface area contributed by atoms with Gasteiger partial charge in [-0.1, -0.05) is 23.7 Å². The first-order valence-corrected chi connectivity index (χ1v) is 11.3. The quantitative estimate of drug-likeness (QED) is 0.544. The maximum atomic E-state index is 13.2. The summed E-state index contributed by atoms with van der Waals surface area (Å²) in [4.78, 5) is 28.9. The summed E-state index contributed by atoms with van der Waals surface area (Å²) in [5.41, 5.74) is 7.13. The summed E-state index contributed by atoms with van der Waals surface area (Å²) in [5.74, 6) is 0.114. The Bertz CT molecular complexity index is 1080. The number of hydrogen-bond acceptors (Lipinski definition) is 5. The minimum absolute atomic E-state index is 0.00205. The second-order valence-corrected chi connectivity index (χ2v) is 8.84. The lowest BCUT2D eigenvalue weighted by Crippen LogP contribution is -2.68. The summed E-state index contributed by atoms with van der Waals surface area (Å²) in [6, 6.07) is 8.99. The molecule has 0 aliphatic carbocycles. The van der Waals surface area contributed by atoms with Crippen LogP contribution in [-0.2, 0) is 11.3 Å². The average Bonchev–Trinajstić information content (AvgIpc) is 2.79. The van der Waals surface area contributed by atoms with Crippen LogP contribution in [0.5, 0.6) is 5.75 Å². The average molecular weight is 488 g/mol. The number of piperazine rings is 2. The van der Waals surface area contributed by atoms with E-state index in [-0.39, 0.29) is 28.8 Å². The Hall–Kier alpha value is -3.14. The van der Waals surface area contributed by atoms with Gasteiger partial charge in [-0.25, -0.2) is 9.18 Å². The lowest BCUT2D eigenvalue weighted by Gasteiger charge is -2.50. The zero-order valence-corrected chi connectivity index (χ0v) is 19.5. The van der Waals surface area contributed by atoms with E-state index in [4.69, 9.17) is 22.1 Å². The van der Waals surface area contributed by atoms with Crippen LogP contribution in [-0.4, -0.2) is 67.1 Å². The molecule has 4 rings (SSSR count). The molecular formula is C24H27ClFN5O3. The van der Waals surface area contributed by atoms with E-state index in [0.717, 1.165) is 5.56 Å². The summed E-state index contributed by atoms with van der Waals surface area (Å²) in [6.07, 6.45) is 3.09. The van der Waals surface area contributed by atoms with E-state index in [0.29, 0.717) is 49.7 Å². The Kier molecular flexibility index (Phi) is 7.35. The molecule has 2 saturated heterocycles. The van der Waals surface area contributed by atoms with Gasteiger partial charge in [0.05, 0.1) is 29.9 Å². The minimum Gasteiger partial charge on any atom is -0.497 e. The topological polar surface area (TPSA) is 99.9 Å². The zero-order valence-electron chi connectivity index (χ0n) is 18.8. The van der Waals surface area contributed by atoms with Crippen molar-refractivity contribution < 1.29 is 18.7 Å². The number of rotatable bonds is 6. The van der Waals surface area contributed by atoms with Crippen molar-refractivity contribution in [3.05, 3.63) is 64.4 Å². The van der Waals surface area contributed by atoms with E-state index in [1.54, 1.807) is 30.3 Å². The van der Waals surface area contributed by atoms with E-state index in [2.05, 4.69) is 15.5 Å². The Morgan fingerprint density at radius 1 is 1.24 bits per heavy atom. The third-order valence-electron chi connectivity index (χ3n) is 6.04. The predicted octanol–water partition coefficient (Wildman–Crippen LogP) is 2.68. The SMILES string of the molecule is COc1cc(Cl)c(NC(N)=O)c(/C=C/C(=O)N2C3CNCC2CN(Cc2ccc(F)cc2)C3)c1. The van der Waals surface area contributed by atoms with Crippen molar-refractivity contribution in [2.75, 3.05) is 38.6 Å². The van der Waals surface area contributed by atoms with Crippen molar-refractivity contribution in [1.82, 2.24) is 15.1 Å². The number of nitrogens with two attached hydrogens (primary N) is 1. The van der Waals surface area contributed by atoms with Gasteiger partial charge in [0.25, 0.3) is 0 Å². The number of hydrogen-bond donors (Lipinski definition) is 3. The highest BCUT2D eigenvalue weighted by molar-refractivity contribution is 6.34. The molecule has 34 heavy (non-hydrogen) atoms. The molecule has 2 unspecified atom stereocenters. The smallest absolute Gasteiger partial charge is 0.316 e. The Balaban J connectivity index is 1.50. The lowest BCUT2D eigenvalue weighted by atomic mass is 10.0. The molecule has 2 aromatic rings. The van der Waals surface area contributed by atoms with Crippen molar-refractivity contribution in [2.45, 2.75) is 18.6 Å². The molecule has 4 N–H and O–H groups in total. The van der Waals surface area contributed by atoms with Crippen molar-refractivity contribution in [3.63, 3.8) is 0 Å². The van der Waals surface area contributed by atoms with Crippen LogP contribution in [0.2, 0.25) is 5.02 Å². The molecule has 3 amide bonds. The maximum absolute atomic E-state index is 13.2. The molecule has 0 saturated carbocycles. The molecule has 0 aromatic heterocycles. The number of amides is 3. The fraction of sp³-hybridized carbons (Fsp3) is 0.333. The summed E-state index contributed by atoms with van der Waals surface area (Å²) >= 11 is 6.28. The van der Waals surface area contributed by atoms with Gasteiger partial charge < -0.3 is 26.0 Å². The Morgan fingerprint density at radius 2 is 1.91 bits per heavy atom. The number of halogens is 2. The number of carbonyl (C=O) groups is 2. The highest BCUT2D eigenvalue weighted by atomic mass is 35.5. The molecule has 10 heteroatoms. The van der Waals surface area contributed by atoms with E-state index >= 15 is 0 Å². The van der Waals surface area contributed by atoms with Crippen LogP contribution in [0.15, 0.2) is 42.5 Å². The largest absolute Gasteiger partial charge is 0.497 e. The highest BCUT2D eigenvalue weighted by Crippen LogP contribution is 2.32. The van der Waals surface area contributed by atoms with Gasteiger partial charge in [-0.3, -0.25) is 9.69 Å². The van der Waals surface area contributed by atoms with Crippen molar-refractivity contribution in [1.29, 1.82) is 0 Å². The Morgan fingerprint density at radius 3 is 2.53 bits per heavy atom. The predicted molar refractivity (Wildman–Crippen MR) is 129 cm³/mol. The van der Waals surface area contributed by atoms with Crippen LogP contribution in [0, 0.1) is 5.82 Å². The van der Waals surface area contributed by atoms with Crippen molar-refractivity contribution in [3.8, 4) is 5.75 Å². The minimum atomic E-state index is -0.758. The van der Waals surface area contributed by atoms with Crippen LogP contribution in [0.3, 0.4) is 0 Å². The van der Waals surface area contributed by atoms with E-state index in [1.165, 1.54) is 25.3 Å². The van der Waals surface area contributed by atoms with Gasteiger partial charge in [-0.2, -0.15) is 0 Å². The van der Waals surface area contributed by atoms with Gasteiger partial charge in [0.2, 0.25) is 5.91 Å². The van der Waals surface area contributed by atoms with E-state index in [9.17, 15) is 14.0 Å². The van der Waals surface area contributed by atoms with Crippen LogP contribution < -0.4 is 21.1 Å². The third kappa shape index (κ3) is 5.49. The van der Waals surface area contributed by atoms with Gasteiger partial charge in [0.15, 0.2) is 0 Å². The second kappa shape index (κ2) is 10.4. The normalized spacial score (nSPS) is 20.4. The maximum Gasteiger partial charge on any atom is 0.316 e. The van der Waals surface area contributed by atoms with E-state index < -0.39 is 6.03 Å². The van der Waals surface area contributed by atoms with Crippen LogP contribution in [0.1, 0.15) is 11.1 Å². The number of ether oxygens (including phenoxy) is 1. The van der Waals surface area contributed by atoms with Crippen LogP contribution in [0.25, 0.3) is 6.08 Å². The fourth-order valence-corrected chi connectivity index (χ4v) is 4.84. The molecule has 2 heterocycles. The number of carbonyl (C=O) groups excluding carboxylic acids is 2. The molecule has 0 spiro atoms. The number of benzene rings is 2. The number of nitrogens with one attached hydrogen (secondary N) is 2. The van der Waals surface area contributed by atoms with Gasteiger partial charge in [0.1, 0.15) is 11.6 Å². The molecule has 2 fully saturated rings. The number of nitrogens with zero attached hydrogens (tertiary/aromatic N) is 2. The summed E-state index contributed by atoms with van der Waals surface area (Å²) in [6.45, 7) is 3.50. The molecular weight excluding hydrogens is 461 g/mol. The molecule has 2 atom stereocenters. The van der Waals surface area contributed by atoms with Crippen molar-refractivity contribution in [2.24, 2.45) is 5.73 Å².